The third-order valence-corrected chi connectivity index (χ3v) is 3.83. The maximum absolute atomic E-state index is 11.1. The molecule has 0 aliphatic rings. The van der Waals surface area contributed by atoms with Gasteiger partial charge in [0.2, 0.25) is 0 Å². The van der Waals surface area contributed by atoms with E-state index >= 15 is 0 Å². The van der Waals surface area contributed by atoms with Gasteiger partial charge in [-0.15, -0.1) is 11.3 Å². The first kappa shape index (κ1) is 16.7. The Morgan fingerprint density at radius 3 is 2.57 bits per heavy atom. The number of thiophene rings is 1. The monoisotopic (exact) mass is 331 g/mol. The summed E-state index contributed by atoms with van der Waals surface area (Å²) in [7, 11) is 5.28. The van der Waals surface area contributed by atoms with Gasteiger partial charge in [-0.05, 0) is 23.8 Å². The molecule has 23 heavy (non-hydrogen) atoms. The van der Waals surface area contributed by atoms with E-state index in [2.05, 4.69) is 15.0 Å². The standard InChI is InChI=1S/C16H17N3O3S/c1-19(2)13-6-4-11(5-7-13)9-17-14-8-12(10-23-14)15(16(20)21)18-22-3/h4-10H,1-3H3,(H,20,21)/b17-9+,18-15+. The van der Waals surface area contributed by atoms with E-state index in [1.54, 1.807) is 17.7 Å². The molecule has 0 aliphatic carbocycles. The average Bonchev–Trinajstić information content (AvgIpc) is 2.99. The molecular weight excluding hydrogens is 314 g/mol. The number of nitrogens with zero attached hydrogens (tertiary/aromatic N) is 3. The molecule has 7 heteroatoms. The molecule has 0 bridgehead atoms. The van der Waals surface area contributed by atoms with Gasteiger partial charge in [0.15, 0.2) is 5.71 Å². The van der Waals surface area contributed by atoms with Crippen molar-refractivity contribution in [2.24, 2.45) is 10.1 Å². The van der Waals surface area contributed by atoms with Crippen LogP contribution < -0.4 is 4.90 Å². The number of aliphatic imine (C=N–C) groups is 1. The SMILES string of the molecule is CO/N=C(/C(=O)O)c1csc(/N=C/c2ccc(N(C)C)cc2)c1. The second-order valence-corrected chi connectivity index (χ2v) is 5.74. The number of benzene rings is 1. The van der Waals surface area contributed by atoms with Crippen LogP contribution in [0, 0.1) is 0 Å². The minimum atomic E-state index is -1.14. The molecule has 0 amide bonds. The molecule has 0 aliphatic heterocycles. The zero-order valence-corrected chi connectivity index (χ0v) is 13.9. The van der Waals surface area contributed by atoms with Gasteiger partial charge in [0.05, 0.1) is 0 Å². The molecule has 0 unspecified atom stereocenters. The summed E-state index contributed by atoms with van der Waals surface area (Å²) in [6.45, 7) is 0. The zero-order chi connectivity index (χ0) is 16.8. The van der Waals surface area contributed by atoms with Crippen LogP contribution in [0.4, 0.5) is 10.7 Å². The van der Waals surface area contributed by atoms with Crippen molar-refractivity contribution in [1.29, 1.82) is 0 Å². The van der Waals surface area contributed by atoms with Gasteiger partial charge in [-0.3, -0.25) is 0 Å². The van der Waals surface area contributed by atoms with Crippen molar-refractivity contribution in [3.63, 3.8) is 0 Å². The third kappa shape index (κ3) is 4.40. The fourth-order valence-electron chi connectivity index (χ4n) is 1.82. The Labute approximate surface area is 138 Å². The summed E-state index contributed by atoms with van der Waals surface area (Å²) in [5.74, 6) is -1.14. The van der Waals surface area contributed by atoms with E-state index in [-0.39, 0.29) is 5.71 Å². The number of anilines is 1. The van der Waals surface area contributed by atoms with Gasteiger partial charge in [0, 0.05) is 36.9 Å². The molecule has 0 atom stereocenters. The summed E-state index contributed by atoms with van der Waals surface area (Å²) in [6.07, 6.45) is 1.74. The van der Waals surface area contributed by atoms with Crippen LogP contribution >= 0.6 is 11.3 Å². The van der Waals surface area contributed by atoms with Crippen molar-refractivity contribution in [1.82, 2.24) is 0 Å². The van der Waals surface area contributed by atoms with Gasteiger partial charge in [-0.25, -0.2) is 9.79 Å². The highest BCUT2D eigenvalue weighted by atomic mass is 32.1. The molecule has 1 aromatic heterocycles. The summed E-state index contributed by atoms with van der Waals surface area (Å²) >= 11 is 1.34. The number of oxime groups is 1. The van der Waals surface area contributed by atoms with Crippen LogP contribution in [0.15, 0.2) is 45.9 Å². The molecule has 2 rings (SSSR count). The van der Waals surface area contributed by atoms with E-state index < -0.39 is 5.97 Å². The van der Waals surface area contributed by atoms with Gasteiger partial charge >= 0.3 is 5.97 Å². The molecular formula is C16H17N3O3S. The lowest BCUT2D eigenvalue weighted by molar-refractivity contribution is -0.129. The van der Waals surface area contributed by atoms with Crippen molar-refractivity contribution in [3.05, 3.63) is 46.8 Å². The Hall–Kier alpha value is -2.67. The Morgan fingerprint density at radius 1 is 1.30 bits per heavy atom. The highest BCUT2D eigenvalue weighted by Crippen LogP contribution is 2.24. The van der Waals surface area contributed by atoms with Crippen molar-refractivity contribution in [2.45, 2.75) is 0 Å². The molecule has 1 aromatic carbocycles. The minimum absolute atomic E-state index is 0.138. The smallest absolute Gasteiger partial charge is 0.358 e. The first-order valence-electron chi connectivity index (χ1n) is 6.76. The van der Waals surface area contributed by atoms with Crippen LogP contribution in [0.25, 0.3) is 0 Å². The number of hydrogen-bond acceptors (Lipinski definition) is 6. The largest absolute Gasteiger partial charge is 0.476 e. The molecule has 1 heterocycles. The first-order valence-corrected chi connectivity index (χ1v) is 7.64. The molecule has 0 radical (unpaired) electrons. The van der Waals surface area contributed by atoms with Crippen molar-refractivity contribution < 1.29 is 14.7 Å². The molecule has 2 aromatic rings. The fourth-order valence-corrected chi connectivity index (χ4v) is 2.56. The molecule has 0 saturated carbocycles. The maximum atomic E-state index is 11.1. The third-order valence-electron chi connectivity index (χ3n) is 2.99. The Kier molecular flexibility index (Phi) is 5.48. The van der Waals surface area contributed by atoms with E-state index in [1.807, 2.05) is 43.3 Å². The molecule has 0 saturated heterocycles. The molecule has 1 N–H and O–H groups in total. The maximum Gasteiger partial charge on any atom is 0.358 e. The fraction of sp³-hybridized carbons (Fsp3) is 0.188. The van der Waals surface area contributed by atoms with Crippen molar-refractivity contribution in [3.8, 4) is 0 Å². The van der Waals surface area contributed by atoms with Gasteiger partial charge in [-0.1, -0.05) is 17.3 Å². The topological polar surface area (TPSA) is 74.5 Å². The zero-order valence-electron chi connectivity index (χ0n) is 13.1. The van der Waals surface area contributed by atoms with E-state index in [0.29, 0.717) is 10.6 Å². The summed E-state index contributed by atoms with van der Waals surface area (Å²) in [6, 6.07) is 9.64. The van der Waals surface area contributed by atoms with Crippen LogP contribution in [0.5, 0.6) is 0 Å². The second-order valence-electron chi connectivity index (χ2n) is 4.85. The van der Waals surface area contributed by atoms with Gasteiger partial charge < -0.3 is 14.8 Å². The first-order chi connectivity index (χ1) is 11.0. The number of carboxylic acids is 1. The highest BCUT2D eigenvalue weighted by Gasteiger charge is 2.15. The number of aliphatic carboxylic acids is 1. The Balaban J connectivity index is 2.15. The predicted molar refractivity (Wildman–Crippen MR) is 93.5 cm³/mol. The quantitative estimate of drug-likeness (QED) is 0.652. The number of carbonyl (C=O) groups is 1. The molecule has 6 nitrogen and oxygen atoms in total. The second kappa shape index (κ2) is 7.55. The summed E-state index contributed by atoms with van der Waals surface area (Å²) in [4.78, 5) is 22.1. The van der Waals surface area contributed by atoms with Crippen LogP contribution in [0.2, 0.25) is 0 Å². The summed E-state index contributed by atoms with van der Waals surface area (Å²) in [5, 5.41) is 15.0. The van der Waals surface area contributed by atoms with Gasteiger partial charge in [0.1, 0.15) is 12.1 Å². The van der Waals surface area contributed by atoms with Gasteiger partial charge in [0.25, 0.3) is 0 Å². The lowest BCUT2D eigenvalue weighted by Crippen LogP contribution is -2.13. The number of carboxylic acid groups (broad SMARTS) is 1. The van der Waals surface area contributed by atoms with E-state index in [0.717, 1.165) is 11.3 Å². The van der Waals surface area contributed by atoms with E-state index in [4.69, 9.17) is 5.11 Å². The van der Waals surface area contributed by atoms with Crippen molar-refractivity contribution in [2.75, 3.05) is 26.1 Å². The highest BCUT2D eigenvalue weighted by molar-refractivity contribution is 7.14. The molecule has 0 fully saturated rings. The Bertz CT molecular complexity index is 733. The summed E-state index contributed by atoms with van der Waals surface area (Å²) < 4.78 is 0. The lowest BCUT2D eigenvalue weighted by atomic mass is 10.2. The van der Waals surface area contributed by atoms with Crippen LogP contribution in [-0.4, -0.2) is 44.2 Å². The van der Waals surface area contributed by atoms with Crippen LogP contribution in [-0.2, 0) is 9.63 Å². The molecule has 120 valence electrons. The van der Waals surface area contributed by atoms with E-state index in [9.17, 15) is 4.79 Å². The van der Waals surface area contributed by atoms with Crippen molar-refractivity contribution >= 4 is 39.9 Å². The Morgan fingerprint density at radius 2 is 2.00 bits per heavy atom. The molecule has 0 spiro atoms. The predicted octanol–water partition coefficient (Wildman–Crippen LogP) is 3.00. The van der Waals surface area contributed by atoms with Crippen LogP contribution in [0.1, 0.15) is 11.1 Å². The number of hydrogen-bond donors (Lipinski definition) is 1. The van der Waals surface area contributed by atoms with Crippen LogP contribution in [0.3, 0.4) is 0 Å². The average molecular weight is 331 g/mol. The van der Waals surface area contributed by atoms with Gasteiger partial charge in [-0.2, -0.15) is 0 Å². The normalized spacial score (nSPS) is 11.7. The van der Waals surface area contributed by atoms with E-state index in [1.165, 1.54) is 18.4 Å². The minimum Gasteiger partial charge on any atom is -0.476 e. The lowest BCUT2D eigenvalue weighted by Gasteiger charge is -2.11. The number of rotatable bonds is 6. The summed E-state index contributed by atoms with van der Waals surface area (Å²) in [5.41, 5.74) is 2.41.